The number of anilines is 1. The van der Waals surface area contributed by atoms with E-state index in [2.05, 4.69) is 15.6 Å². The topological polar surface area (TPSA) is 88.7 Å². The molecule has 6 nitrogen and oxygen atoms in total. The molecule has 8 heteroatoms. The number of nitrogens with zero attached hydrogens (tertiary/aromatic N) is 1. The second-order valence-corrected chi connectivity index (χ2v) is 5.27. The summed E-state index contributed by atoms with van der Waals surface area (Å²) in [5, 5.41) is 6.12. The van der Waals surface area contributed by atoms with E-state index in [-0.39, 0.29) is 35.8 Å². The first-order valence-corrected chi connectivity index (χ1v) is 7.71. The molecule has 2 rings (SSSR count). The van der Waals surface area contributed by atoms with Crippen molar-refractivity contribution in [1.82, 2.24) is 5.32 Å². The van der Waals surface area contributed by atoms with Crippen LogP contribution in [0.1, 0.15) is 10.4 Å². The minimum atomic E-state index is -0.241. The predicted octanol–water partition coefficient (Wildman–Crippen LogP) is 3.12. The average Bonchev–Trinajstić information content (AvgIpc) is 2.59. The Kier molecular flexibility index (Phi) is 9.07. The van der Waals surface area contributed by atoms with E-state index in [0.717, 1.165) is 11.4 Å². The van der Waals surface area contributed by atoms with E-state index >= 15 is 0 Å². The quantitative estimate of drug-likeness (QED) is 0.260. The number of rotatable bonds is 6. The molecule has 0 spiro atoms. The zero-order valence-electron chi connectivity index (χ0n) is 13.7. The molecular formula is C17H20ClIN4O2. The molecule has 134 valence electrons. The third kappa shape index (κ3) is 6.79. The fraction of sp³-hybridized carbons (Fsp3) is 0.176. The molecule has 4 N–H and O–H groups in total. The van der Waals surface area contributed by atoms with Gasteiger partial charge in [0, 0.05) is 18.3 Å². The lowest BCUT2D eigenvalue weighted by atomic mass is 10.2. The number of halogens is 2. The highest BCUT2D eigenvalue weighted by molar-refractivity contribution is 14.0. The van der Waals surface area contributed by atoms with Crippen LogP contribution in [-0.4, -0.2) is 32.1 Å². The summed E-state index contributed by atoms with van der Waals surface area (Å²) in [7, 11) is 1.60. The van der Waals surface area contributed by atoms with E-state index in [1.165, 1.54) is 0 Å². The number of carbonyl (C=O) groups is 1. The van der Waals surface area contributed by atoms with Crippen LogP contribution in [0.4, 0.5) is 5.69 Å². The molecule has 2 aromatic carbocycles. The van der Waals surface area contributed by atoms with Crippen LogP contribution in [-0.2, 0) is 0 Å². The number of benzene rings is 2. The molecule has 0 aliphatic carbocycles. The Labute approximate surface area is 168 Å². The van der Waals surface area contributed by atoms with Gasteiger partial charge in [0.25, 0.3) is 5.91 Å². The maximum Gasteiger partial charge on any atom is 0.252 e. The summed E-state index contributed by atoms with van der Waals surface area (Å²) in [5.74, 6) is 0.741. The standard InChI is InChI=1S/C17H19ClN4O2.HI/c1-24-13-6-4-5-12(11-13)22-17(19)21-10-9-20-16(23)14-7-2-3-8-15(14)18;/h2-8,11H,9-10H2,1H3,(H,20,23)(H3,19,21,22);1H. The number of guanidine groups is 1. The van der Waals surface area contributed by atoms with Crippen LogP contribution >= 0.6 is 35.6 Å². The largest absolute Gasteiger partial charge is 0.497 e. The molecule has 0 heterocycles. The third-order valence-corrected chi connectivity index (χ3v) is 3.47. The average molecular weight is 475 g/mol. The first kappa shape index (κ1) is 21.0. The number of hydrogen-bond donors (Lipinski definition) is 3. The van der Waals surface area contributed by atoms with Crippen molar-refractivity contribution in [2.75, 3.05) is 25.5 Å². The second-order valence-electron chi connectivity index (χ2n) is 4.86. The Balaban J connectivity index is 0.00000312. The number of aliphatic imine (C=N–C) groups is 1. The number of ether oxygens (including phenoxy) is 1. The molecule has 0 saturated carbocycles. The molecule has 0 aliphatic heterocycles. The van der Waals surface area contributed by atoms with E-state index in [0.29, 0.717) is 23.7 Å². The van der Waals surface area contributed by atoms with Gasteiger partial charge in [-0.2, -0.15) is 0 Å². The monoisotopic (exact) mass is 474 g/mol. The summed E-state index contributed by atoms with van der Waals surface area (Å²) in [6, 6.07) is 14.2. The first-order chi connectivity index (χ1) is 11.6. The summed E-state index contributed by atoms with van der Waals surface area (Å²) < 4.78 is 5.13. The van der Waals surface area contributed by atoms with Gasteiger partial charge in [-0.1, -0.05) is 29.8 Å². The zero-order valence-corrected chi connectivity index (χ0v) is 16.7. The Hall–Kier alpha value is -2.00. The van der Waals surface area contributed by atoms with Crippen molar-refractivity contribution in [3.63, 3.8) is 0 Å². The zero-order chi connectivity index (χ0) is 17.4. The van der Waals surface area contributed by atoms with Crippen molar-refractivity contribution in [3.8, 4) is 5.75 Å². The normalized spacial score (nSPS) is 10.6. The molecule has 2 aromatic rings. The summed E-state index contributed by atoms with van der Waals surface area (Å²) in [5.41, 5.74) is 7.02. The molecule has 0 aromatic heterocycles. The molecule has 0 unspecified atom stereocenters. The summed E-state index contributed by atoms with van der Waals surface area (Å²) >= 11 is 5.97. The molecule has 1 amide bonds. The fourth-order valence-electron chi connectivity index (χ4n) is 1.97. The second kappa shape index (κ2) is 10.8. The van der Waals surface area contributed by atoms with E-state index < -0.39 is 0 Å². The Morgan fingerprint density at radius 1 is 1.24 bits per heavy atom. The SMILES string of the molecule is COc1cccc(NC(N)=NCCNC(=O)c2ccccc2Cl)c1.I. The molecule has 0 fully saturated rings. The minimum absolute atomic E-state index is 0. The molecule has 0 atom stereocenters. The highest BCUT2D eigenvalue weighted by Gasteiger charge is 2.08. The van der Waals surface area contributed by atoms with Gasteiger partial charge in [0.2, 0.25) is 0 Å². The molecule has 0 radical (unpaired) electrons. The number of methoxy groups -OCH3 is 1. The number of hydrogen-bond acceptors (Lipinski definition) is 3. The van der Waals surface area contributed by atoms with Gasteiger partial charge in [-0.15, -0.1) is 24.0 Å². The molecular weight excluding hydrogens is 455 g/mol. The van der Waals surface area contributed by atoms with E-state index in [9.17, 15) is 4.79 Å². The molecule has 0 aliphatic rings. The fourth-order valence-corrected chi connectivity index (χ4v) is 2.20. The van der Waals surface area contributed by atoms with Crippen molar-refractivity contribution in [2.45, 2.75) is 0 Å². The summed E-state index contributed by atoms with van der Waals surface area (Å²) in [6.45, 7) is 0.698. The minimum Gasteiger partial charge on any atom is -0.497 e. The maximum absolute atomic E-state index is 12.0. The number of amides is 1. The van der Waals surface area contributed by atoms with Gasteiger partial charge in [-0.25, -0.2) is 0 Å². The molecule has 25 heavy (non-hydrogen) atoms. The van der Waals surface area contributed by atoms with Crippen LogP contribution in [0.2, 0.25) is 5.02 Å². The van der Waals surface area contributed by atoms with Crippen molar-refractivity contribution in [3.05, 3.63) is 59.1 Å². The van der Waals surface area contributed by atoms with Gasteiger partial charge < -0.3 is 21.1 Å². The van der Waals surface area contributed by atoms with Crippen LogP contribution < -0.4 is 21.1 Å². The van der Waals surface area contributed by atoms with Gasteiger partial charge in [0.05, 0.1) is 24.2 Å². The van der Waals surface area contributed by atoms with Gasteiger partial charge in [0.1, 0.15) is 5.75 Å². The predicted molar refractivity (Wildman–Crippen MR) is 112 cm³/mol. The van der Waals surface area contributed by atoms with E-state index in [1.54, 1.807) is 31.4 Å². The highest BCUT2D eigenvalue weighted by atomic mass is 127. The number of carbonyl (C=O) groups excluding carboxylic acids is 1. The van der Waals surface area contributed by atoms with Crippen LogP contribution in [0.25, 0.3) is 0 Å². The Morgan fingerprint density at radius 3 is 2.72 bits per heavy atom. The number of nitrogens with two attached hydrogens (primary N) is 1. The molecule has 0 bridgehead atoms. The van der Waals surface area contributed by atoms with Gasteiger partial charge in [-0.05, 0) is 24.3 Å². The number of nitrogens with one attached hydrogen (secondary N) is 2. The van der Waals surface area contributed by atoms with Crippen LogP contribution in [0.15, 0.2) is 53.5 Å². The van der Waals surface area contributed by atoms with Crippen LogP contribution in [0, 0.1) is 0 Å². The Bertz CT molecular complexity index is 740. The van der Waals surface area contributed by atoms with Gasteiger partial charge in [0.15, 0.2) is 5.96 Å². The summed E-state index contributed by atoms with van der Waals surface area (Å²) in [4.78, 5) is 16.1. The van der Waals surface area contributed by atoms with Crippen molar-refractivity contribution in [2.24, 2.45) is 10.7 Å². The van der Waals surface area contributed by atoms with Gasteiger partial charge in [-0.3, -0.25) is 9.79 Å². The van der Waals surface area contributed by atoms with Crippen molar-refractivity contribution < 1.29 is 9.53 Å². The lowest BCUT2D eigenvalue weighted by Crippen LogP contribution is -2.28. The maximum atomic E-state index is 12.0. The smallest absolute Gasteiger partial charge is 0.252 e. The lowest BCUT2D eigenvalue weighted by molar-refractivity contribution is 0.0955. The highest BCUT2D eigenvalue weighted by Crippen LogP contribution is 2.16. The summed E-state index contributed by atoms with van der Waals surface area (Å²) in [6.07, 6.45) is 0. The van der Waals surface area contributed by atoms with E-state index in [4.69, 9.17) is 22.1 Å². The molecule has 0 saturated heterocycles. The van der Waals surface area contributed by atoms with E-state index in [1.807, 2.05) is 24.3 Å². The lowest BCUT2D eigenvalue weighted by Gasteiger charge is -2.08. The van der Waals surface area contributed by atoms with Crippen LogP contribution in [0.5, 0.6) is 5.75 Å². The van der Waals surface area contributed by atoms with Crippen molar-refractivity contribution in [1.29, 1.82) is 0 Å². The van der Waals surface area contributed by atoms with Gasteiger partial charge >= 0.3 is 0 Å². The third-order valence-electron chi connectivity index (χ3n) is 3.14. The van der Waals surface area contributed by atoms with Crippen LogP contribution in [0.3, 0.4) is 0 Å². The Morgan fingerprint density at radius 2 is 2.00 bits per heavy atom. The van der Waals surface area contributed by atoms with Crippen molar-refractivity contribution >= 4 is 53.1 Å². The first-order valence-electron chi connectivity index (χ1n) is 7.34.